The predicted octanol–water partition coefficient (Wildman–Crippen LogP) is 5.11. The number of carbonyl (C=O) groups excluding carboxylic acids is 1. The smallest absolute Gasteiger partial charge is 0.253 e. The van der Waals surface area contributed by atoms with Gasteiger partial charge in [0.05, 0.1) is 17.7 Å². The van der Waals surface area contributed by atoms with E-state index >= 15 is 0 Å². The van der Waals surface area contributed by atoms with E-state index < -0.39 is 29.7 Å². The van der Waals surface area contributed by atoms with E-state index in [-0.39, 0.29) is 13.0 Å². The van der Waals surface area contributed by atoms with Crippen LogP contribution in [0.5, 0.6) is 0 Å². The van der Waals surface area contributed by atoms with Crippen molar-refractivity contribution in [2.75, 3.05) is 6.54 Å². The second-order valence-corrected chi connectivity index (χ2v) is 9.44. The van der Waals surface area contributed by atoms with E-state index in [1.807, 2.05) is 19.1 Å². The van der Waals surface area contributed by atoms with Crippen LogP contribution < -0.4 is 10.6 Å². The molecule has 1 heterocycles. The molecule has 6 nitrogen and oxygen atoms in total. The van der Waals surface area contributed by atoms with Gasteiger partial charge >= 0.3 is 0 Å². The third-order valence-corrected chi connectivity index (χ3v) is 6.41. The molecule has 0 radical (unpaired) electrons. The Balaban J connectivity index is 1.52. The zero-order valence-corrected chi connectivity index (χ0v) is 21.6. The summed E-state index contributed by atoms with van der Waals surface area (Å²) in [7, 11) is 0. The average molecular weight is 522 g/mol. The highest BCUT2D eigenvalue weighted by atomic mass is 19.1. The summed E-state index contributed by atoms with van der Waals surface area (Å²) >= 11 is 0. The van der Waals surface area contributed by atoms with Gasteiger partial charge < -0.3 is 20.2 Å². The SMILES string of the molecule is CCCc1nc2c(C(=O)N[C@@H](Cc3cc(F)cc(F)c3)[C@H](O)CNCc3cccc(CC)c3)cccc2o1. The molecule has 2 atom stereocenters. The van der Waals surface area contributed by atoms with Gasteiger partial charge in [0.25, 0.3) is 5.91 Å². The number of aliphatic hydroxyl groups is 1. The van der Waals surface area contributed by atoms with E-state index in [0.29, 0.717) is 41.1 Å². The van der Waals surface area contributed by atoms with Crippen molar-refractivity contribution in [2.45, 2.75) is 58.2 Å². The van der Waals surface area contributed by atoms with Crippen molar-refractivity contribution in [3.8, 4) is 0 Å². The highest BCUT2D eigenvalue weighted by Crippen LogP contribution is 2.21. The number of fused-ring (bicyclic) bond motifs is 1. The quantitative estimate of drug-likeness (QED) is 0.241. The van der Waals surface area contributed by atoms with Crippen LogP contribution in [-0.2, 0) is 25.8 Å². The summed E-state index contributed by atoms with van der Waals surface area (Å²) in [4.78, 5) is 17.8. The van der Waals surface area contributed by atoms with Crippen LogP contribution in [0.1, 0.15) is 53.2 Å². The molecule has 38 heavy (non-hydrogen) atoms. The molecule has 3 aromatic carbocycles. The molecule has 4 rings (SSSR count). The number of aryl methyl sites for hydroxylation is 2. The molecule has 0 aliphatic carbocycles. The number of halogens is 2. The van der Waals surface area contributed by atoms with E-state index in [9.17, 15) is 18.7 Å². The van der Waals surface area contributed by atoms with Crippen LogP contribution in [-0.4, -0.2) is 34.7 Å². The molecule has 4 aromatic rings. The number of hydrogen-bond acceptors (Lipinski definition) is 5. The predicted molar refractivity (Wildman–Crippen MR) is 143 cm³/mol. The number of nitrogens with one attached hydrogen (secondary N) is 2. The molecule has 0 aliphatic heterocycles. The molecule has 0 saturated heterocycles. The Morgan fingerprint density at radius 1 is 1.00 bits per heavy atom. The Hall–Kier alpha value is -3.62. The van der Waals surface area contributed by atoms with Crippen molar-refractivity contribution < 1.29 is 23.1 Å². The second kappa shape index (κ2) is 12.8. The molecule has 0 fully saturated rings. The number of rotatable bonds is 12. The number of oxazole rings is 1. The first-order valence-corrected chi connectivity index (χ1v) is 13.0. The first-order chi connectivity index (χ1) is 18.4. The Morgan fingerprint density at radius 2 is 1.74 bits per heavy atom. The maximum absolute atomic E-state index is 13.9. The Kier molecular flexibility index (Phi) is 9.20. The number of hydrogen-bond donors (Lipinski definition) is 3. The third-order valence-electron chi connectivity index (χ3n) is 6.41. The van der Waals surface area contributed by atoms with E-state index in [1.54, 1.807) is 18.2 Å². The molecule has 200 valence electrons. The van der Waals surface area contributed by atoms with E-state index in [0.717, 1.165) is 24.5 Å². The minimum absolute atomic E-state index is 0.0322. The summed E-state index contributed by atoms with van der Waals surface area (Å²) in [5.74, 6) is -1.34. The zero-order valence-electron chi connectivity index (χ0n) is 21.6. The summed E-state index contributed by atoms with van der Waals surface area (Å²) in [5.41, 5.74) is 3.86. The van der Waals surface area contributed by atoms with Gasteiger partial charge in [0.1, 0.15) is 17.2 Å². The molecule has 0 unspecified atom stereocenters. The topological polar surface area (TPSA) is 87.4 Å². The minimum atomic E-state index is -1.04. The van der Waals surface area contributed by atoms with Crippen LogP contribution in [0.3, 0.4) is 0 Å². The summed E-state index contributed by atoms with van der Waals surface area (Å²) in [6.07, 6.45) is 1.42. The van der Waals surface area contributed by atoms with Gasteiger partial charge in [-0.05, 0) is 60.2 Å². The molecular weight excluding hydrogens is 488 g/mol. The van der Waals surface area contributed by atoms with Crippen molar-refractivity contribution in [3.05, 3.63) is 100 Å². The minimum Gasteiger partial charge on any atom is -0.441 e. The maximum Gasteiger partial charge on any atom is 0.253 e. The first-order valence-electron chi connectivity index (χ1n) is 13.0. The monoisotopic (exact) mass is 521 g/mol. The number of amides is 1. The molecule has 0 bridgehead atoms. The van der Waals surface area contributed by atoms with Crippen molar-refractivity contribution in [3.63, 3.8) is 0 Å². The van der Waals surface area contributed by atoms with Crippen molar-refractivity contribution in [1.82, 2.24) is 15.6 Å². The molecular formula is C30H33F2N3O3. The highest BCUT2D eigenvalue weighted by molar-refractivity contribution is 6.04. The van der Waals surface area contributed by atoms with Crippen LogP contribution in [0.2, 0.25) is 0 Å². The molecule has 1 amide bonds. The lowest BCUT2D eigenvalue weighted by Crippen LogP contribution is -2.48. The fourth-order valence-electron chi connectivity index (χ4n) is 4.48. The summed E-state index contributed by atoms with van der Waals surface area (Å²) in [5, 5.41) is 17.2. The van der Waals surface area contributed by atoms with Gasteiger partial charge in [-0.2, -0.15) is 0 Å². The van der Waals surface area contributed by atoms with Crippen LogP contribution in [0.25, 0.3) is 11.1 Å². The largest absolute Gasteiger partial charge is 0.441 e. The van der Waals surface area contributed by atoms with Gasteiger partial charge in [0.2, 0.25) is 0 Å². The molecule has 0 spiro atoms. The van der Waals surface area contributed by atoms with E-state index in [1.165, 1.54) is 17.7 Å². The van der Waals surface area contributed by atoms with E-state index in [4.69, 9.17) is 4.42 Å². The Bertz CT molecular complexity index is 1370. The van der Waals surface area contributed by atoms with Gasteiger partial charge in [0, 0.05) is 25.6 Å². The van der Waals surface area contributed by atoms with E-state index in [2.05, 4.69) is 34.7 Å². The zero-order chi connectivity index (χ0) is 27.1. The highest BCUT2D eigenvalue weighted by Gasteiger charge is 2.25. The second-order valence-electron chi connectivity index (χ2n) is 9.44. The summed E-state index contributed by atoms with van der Waals surface area (Å²) in [6, 6.07) is 15.6. The van der Waals surface area contributed by atoms with Gasteiger partial charge in [-0.25, -0.2) is 13.8 Å². The molecule has 1 aromatic heterocycles. The normalized spacial score (nSPS) is 13.0. The number of nitrogens with zero attached hydrogens (tertiary/aromatic N) is 1. The van der Waals surface area contributed by atoms with Gasteiger partial charge in [-0.15, -0.1) is 0 Å². The van der Waals surface area contributed by atoms with Crippen molar-refractivity contribution >= 4 is 17.0 Å². The lowest BCUT2D eigenvalue weighted by Gasteiger charge is -2.25. The number of carbonyl (C=O) groups is 1. The number of benzene rings is 3. The third kappa shape index (κ3) is 7.02. The molecule has 8 heteroatoms. The molecule has 0 aliphatic rings. The number of aliphatic hydroxyl groups excluding tert-OH is 1. The van der Waals surface area contributed by atoms with Crippen LogP contribution in [0.15, 0.2) is 65.1 Å². The first kappa shape index (κ1) is 27.4. The number of para-hydroxylation sites is 1. The molecule has 3 N–H and O–H groups in total. The van der Waals surface area contributed by atoms with Crippen LogP contribution >= 0.6 is 0 Å². The van der Waals surface area contributed by atoms with Crippen molar-refractivity contribution in [1.29, 1.82) is 0 Å². The molecule has 0 saturated carbocycles. The Morgan fingerprint density at radius 3 is 2.47 bits per heavy atom. The standard InChI is InChI=1S/C30H33F2N3O3/c1-3-7-28-35-29-24(10-6-11-27(29)38-28)30(37)34-25(15-21-13-22(31)16-23(32)14-21)26(36)18-33-17-20-9-5-8-19(4-2)12-20/h5-6,8-14,16,25-26,33,36H,3-4,7,15,17-18H2,1-2H3,(H,34,37)/t25-,26+/m0/s1. The van der Waals surface area contributed by atoms with Gasteiger partial charge in [0.15, 0.2) is 11.5 Å². The summed E-state index contributed by atoms with van der Waals surface area (Å²) < 4.78 is 33.5. The lowest BCUT2D eigenvalue weighted by molar-refractivity contribution is 0.0831. The van der Waals surface area contributed by atoms with Gasteiger partial charge in [-0.3, -0.25) is 4.79 Å². The van der Waals surface area contributed by atoms with Gasteiger partial charge in [-0.1, -0.05) is 44.2 Å². The van der Waals surface area contributed by atoms with Crippen LogP contribution in [0.4, 0.5) is 8.78 Å². The fraction of sp³-hybridized carbons (Fsp3) is 0.333. The fourth-order valence-corrected chi connectivity index (χ4v) is 4.48. The van der Waals surface area contributed by atoms with Crippen LogP contribution in [0, 0.1) is 11.6 Å². The average Bonchev–Trinajstić information content (AvgIpc) is 3.30. The Labute approximate surface area is 221 Å². The number of aromatic nitrogens is 1. The summed E-state index contributed by atoms with van der Waals surface area (Å²) in [6.45, 7) is 4.79. The maximum atomic E-state index is 13.9. The van der Waals surface area contributed by atoms with Crippen molar-refractivity contribution in [2.24, 2.45) is 0 Å². The lowest BCUT2D eigenvalue weighted by atomic mass is 9.99.